The van der Waals surface area contributed by atoms with E-state index in [1.807, 2.05) is 34.0 Å². The lowest BCUT2D eigenvalue weighted by molar-refractivity contribution is 0.0692. The number of carboxylic acids is 1. The normalized spacial score (nSPS) is 11.6. The third-order valence-corrected chi connectivity index (χ3v) is 3.90. The Morgan fingerprint density at radius 3 is 2.80 bits per heavy atom. The third-order valence-electron chi connectivity index (χ3n) is 3.90. The molecule has 1 N–H and O–H groups in total. The van der Waals surface area contributed by atoms with Gasteiger partial charge in [0.2, 0.25) is 0 Å². The Morgan fingerprint density at radius 2 is 2.12 bits per heavy atom. The van der Waals surface area contributed by atoms with Gasteiger partial charge in [0, 0.05) is 18.8 Å². The lowest BCUT2D eigenvalue weighted by atomic mass is 10.1. The van der Waals surface area contributed by atoms with Gasteiger partial charge in [0.05, 0.1) is 23.4 Å². The molecule has 0 aliphatic rings. The summed E-state index contributed by atoms with van der Waals surface area (Å²) in [6.07, 6.45) is 2.10. The molecule has 25 heavy (non-hydrogen) atoms. The maximum Gasteiger partial charge on any atom is 0.341 e. The van der Waals surface area contributed by atoms with Crippen LogP contribution in [0, 0.1) is 13.8 Å². The molecule has 0 radical (unpaired) electrons. The van der Waals surface area contributed by atoms with Gasteiger partial charge >= 0.3 is 5.97 Å². The molecule has 3 aromatic heterocycles. The average Bonchev–Trinajstić information content (AvgIpc) is 2.91. The first-order valence-electron chi connectivity index (χ1n) is 8.05. The first kappa shape index (κ1) is 17.1. The largest absolute Gasteiger partial charge is 0.492 e. The SMILES string of the molecule is Cc1cc2nc(C)c3c(OCCCN(C)C)c(C(=O)O)cnc3n2n1. The van der Waals surface area contributed by atoms with Gasteiger partial charge in [-0.1, -0.05) is 0 Å². The number of pyridine rings is 1. The summed E-state index contributed by atoms with van der Waals surface area (Å²) >= 11 is 0. The second-order valence-corrected chi connectivity index (χ2v) is 6.26. The van der Waals surface area contributed by atoms with E-state index in [0.717, 1.165) is 18.7 Å². The number of aromatic carboxylic acids is 1. The molecule has 0 aromatic carbocycles. The number of carbonyl (C=O) groups is 1. The van der Waals surface area contributed by atoms with Crippen molar-refractivity contribution in [3.63, 3.8) is 0 Å². The van der Waals surface area contributed by atoms with Crippen molar-refractivity contribution in [3.8, 4) is 5.75 Å². The highest BCUT2D eigenvalue weighted by Crippen LogP contribution is 2.31. The fraction of sp³-hybridized carbons (Fsp3) is 0.412. The molecule has 0 atom stereocenters. The summed E-state index contributed by atoms with van der Waals surface area (Å²) in [6.45, 7) is 4.96. The lowest BCUT2D eigenvalue weighted by Crippen LogP contribution is -2.16. The van der Waals surface area contributed by atoms with Crippen LogP contribution in [0.4, 0.5) is 0 Å². The number of hydrogen-bond donors (Lipinski definition) is 1. The van der Waals surface area contributed by atoms with E-state index in [1.54, 1.807) is 4.52 Å². The molecule has 0 saturated carbocycles. The highest BCUT2D eigenvalue weighted by molar-refractivity contribution is 5.99. The van der Waals surface area contributed by atoms with E-state index in [2.05, 4.69) is 20.0 Å². The van der Waals surface area contributed by atoms with E-state index >= 15 is 0 Å². The zero-order valence-corrected chi connectivity index (χ0v) is 14.8. The number of aromatic nitrogens is 4. The highest BCUT2D eigenvalue weighted by Gasteiger charge is 2.21. The molecule has 0 spiro atoms. The van der Waals surface area contributed by atoms with Crippen LogP contribution in [0.5, 0.6) is 5.75 Å². The summed E-state index contributed by atoms with van der Waals surface area (Å²) in [6, 6.07) is 1.86. The predicted octanol–water partition coefficient (Wildman–Crippen LogP) is 1.92. The zero-order chi connectivity index (χ0) is 18.1. The number of carboxylic acid groups (broad SMARTS) is 1. The molecule has 3 rings (SSSR count). The molecule has 0 unspecified atom stereocenters. The summed E-state index contributed by atoms with van der Waals surface area (Å²) < 4.78 is 7.49. The molecule has 0 aliphatic carbocycles. The maximum absolute atomic E-state index is 11.6. The maximum atomic E-state index is 11.6. The second kappa shape index (κ2) is 6.64. The summed E-state index contributed by atoms with van der Waals surface area (Å²) in [4.78, 5) is 22.5. The molecule has 8 heteroatoms. The minimum atomic E-state index is -1.08. The molecule has 0 bridgehead atoms. The standard InChI is InChI=1S/C17H21N5O3/c1-10-8-13-19-11(2)14-15(25-7-5-6-21(3)4)12(17(23)24)9-18-16(14)22(13)20-10/h8-9H,5-7H2,1-4H3,(H,23,24). The second-order valence-electron chi connectivity index (χ2n) is 6.26. The smallest absolute Gasteiger partial charge is 0.341 e. The van der Waals surface area contributed by atoms with Crippen LogP contribution in [0.15, 0.2) is 12.3 Å². The Hall–Kier alpha value is -2.74. The van der Waals surface area contributed by atoms with Crippen molar-refractivity contribution < 1.29 is 14.6 Å². The Bertz CT molecular complexity index is 948. The Morgan fingerprint density at radius 1 is 1.36 bits per heavy atom. The van der Waals surface area contributed by atoms with Gasteiger partial charge in [-0.05, 0) is 34.4 Å². The topological polar surface area (TPSA) is 92.8 Å². The Balaban J connectivity index is 2.14. The van der Waals surface area contributed by atoms with Crippen LogP contribution >= 0.6 is 0 Å². The van der Waals surface area contributed by atoms with Crippen molar-refractivity contribution in [1.82, 2.24) is 24.5 Å². The van der Waals surface area contributed by atoms with Crippen molar-refractivity contribution >= 4 is 22.6 Å². The minimum absolute atomic E-state index is 0.0329. The molecule has 132 valence electrons. The summed E-state index contributed by atoms with van der Waals surface area (Å²) in [5.74, 6) is -0.774. The van der Waals surface area contributed by atoms with Gasteiger partial charge in [0.25, 0.3) is 0 Å². The minimum Gasteiger partial charge on any atom is -0.492 e. The number of nitrogens with zero attached hydrogens (tertiary/aromatic N) is 5. The van der Waals surface area contributed by atoms with Crippen LogP contribution in [0.25, 0.3) is 16.7 Å². The summed E-state index contributed by atoms with van der Waals surface area (Å²) in [5, 5.41) is 14.5. The number of fused-ring (bicyclic) bond motifs is 3. The van der Waals surface area contributed by atoms with E-state index in [0.29, 0.717) is 34.7 Å². The predicted molar refractivity (Wildman–Crippen MR) is 93.4 cm³/mol. The fourth-order valence-electron chi connectivity index (χ4n) is 2.78. The van der Waals surface area contributed by atoms with Crippen molar-refractivity contribution in [2.75, 3.05) is 27.2 Å². The number of hydrogen-bond acceptors (Lipinski definition) is 6. The third kappa shape index (κ3) is 3.25. The van der Waals surface area contributed by atoms with E-state index in [1.165, 1.54) is 6.20 Å². The first-order chi connectivity index (χ1) is 11.9. The number of ether oxygens (including phenoxy) is 1. The van der Waals surface area contributed by atoms with Gasteiger partial charge in [-0.15, -0.1) is 0 Å². The van der Waals surface area contributed by atoms with Crippen molar-refractivity contribution in [1.29, 1.82) is 0 Å². The number of aryl methyl sites for hydroxylation is 2. The molecule has 0 amide bonds. The van der Waals surface area contributed by atoms with Crippen LogP contribution < -0.4 is 4.74 Å². The number of rotatable bonds is 6. The zero-order valence-electron chi connectivity index (χ0n) is 14.8. The van der Waals surface area contributed by atoms with Crippen LogP contribution in [0.1, 0.15) is 28.2 Å². The monoisotopic (exact) mass is 343 g/mol. The van der Waals surface area contributed by atoms with Gasteiger partial charge in [-0.2, -0.15) is 9.61 Å². The van der Waals surface area contributed by atoms with Crippen molar-refractivity contribution in [3.05, 3.63) is 29.2 Å². The Kier molecular flexibility index (Phi) is 4.54. The molecule has 0 aliphatic heterocycles. The van der Waals surface area contributed by atoms with Gasteiger partial charge in [-0.3, -0.25) is 0 Å². The lowest BCUT2D eigenvalue weighted by Gasteiger charge is -2.15. The first-order valence-corrected chi connectivity index (χ1v) is 8.05. The van der Waals surface area contributed by atoms with Crippen molar-refractivity contribution in [2.45, 2.75) is 20.3 Å². The van der Waals surface area contributed by atoms with Crippen LogP contribution in [-0.4, -0.2) is 62.8 Å². The van der Waals surface area contributed by atoms with Gasteiger partial charge in [0.1, 0.15) is 11.3 Å². The molecule has 8 nitrogen and oxygen atoms in total. The van der Waals surface area contributed by atoms with E-state index in [9.17, 15) is 9.90 Å². The average molecular weight is 343 g/mol. The molecular formula is C17H21N5O3. The Labute approximate surface area is 145 Å². The molecular weight excluding hydrogens is 322 g/mol. The van der Waals surface area contributed by atoms with E-state index in [4.69, 9.17) is 4.74 Å². The summed E-state index contributed by atoms with van der Waals surface area (Å²) in [7, 11) is 3.96. The van der Waals surface area contributed by atoms with E-state index < -0.39 is 5.97 Å². The molecule has 0 fully saturated rings. The molecule has 3 aromatic rings. The van der Waals surface area contributed by atoms with Crippen molar-refractivity contribution in [2.24, 2.45) is 0 Å². The van der Waals surface area contributed by atoms with Gasteiger partial charge in [-0.25, -0.2) is 14.8 Å². The quantitative estimate of drug-likeness (QED) is 0.684. The van der Waals surface area contributed by atoms with E-state index in [-0.39, 0.29) is 5.56 Å². The van der Waals surface area contributed by atoms with Crippen LogP contribution in [0.2, 0.25) is 0 Å². The van der Waals surface area contributed by atoms with Gasteiger partial charge in [0.15, 0.2) is 11.3 Å². The summed E-state index contributed by atoms with van der Waals surface area (Å²) in [5.41, 5.74) is 2.74. The molecule has 3 heterocycles. The van der Waals surface area contributed by atoms with Crippen LogP contribution in [-0.2, 0) is 0 Å². The van der Waals surface area contributed by atoms with Crippen LogP contribution in [0.3, 0.4) is 0 Å². The van der Waals surface area contributed by atoms with Gasteiger partial charge < -0.3 is 14.7 Å². The highest BCUT2D eigenvalue weighted by atomic mass is 16.5. The molecule has 0 saturated heterocycles. The fourth-order valence-corrected chi connectivity index (χ4v) is 2.78.